The largest absolute Gasteiger partial charge is 0.335 e. The number of benzene rings is 2. The van der Waals surface area contributed by atoms with E-state index in [1.165, 1.54) is 19.4 Å². The van der Waals surface area contributed by atoms with E-state index in [1.54, 1.807) is 0 Å². The number of carbonyl (C=O) groups excluding carboxylic acids is 1. The summed E-state index contributed by atoms with van der Waals surface area (Å²) in [6, 6.07) is 18.2. The minimum absolute atomic E-state index is 0.111. The summed E-state index contributed by atoms with van der Waals surface area (Å²) in [7, 11) is 0. The van der Waals surface area contributed by atoms with E-state index in [-0.39, 0.29) is 12.1 Å². The van der Waals surface area contributed by atoms with Crippen LogP contribution in [0, 0.1) is 0 Å². The zero-order chi connectivity index (χ0) is 18.2. The Balaban J connectivity index is 1.55. The maximum absolute atomic E-state index is 12.5. The van der Waals surface area contributed by atoms with Crippen molar-refractivity contribution in [3.05, 3.63) is 54.6 Å². The highest BCUT2D eigenvalue weighted by Crippen LogP contribution is 2.27. The number of carbonyl (C=O) groups is 1. The van der Waals surface area contributed by atoms with Gasteiger partial charge >= 0.3 is 6.03 Å². The molecule has 26 heavy (non-hydrogen) atoms. The molecule has 1 aliphatic rings. The maximum Gasteiger partial charge on any atom is 0.319 e. The van der Waals surface area contributed by atoms with Crippen LogP contribution in [0.5, 0.6) is 0 Å². The van der Waals surface area contributed by atoms with E-state index in [2.05, 4.69) is 34.6 Å². The van der Waals surface area contributed by atoms with Crippen LogP contribution in [0.2, 0.25) is 0 Å². The molecule has 1 heterocycles. The number of nitrogens with zero attached hydrogens (tertiary/aromatic N) is 1. The lowest BCUT2D eigenvalue weighted by Crippen LogP contribution is -2.46. The van der Waals surface area contributed by atoms with Gasteiger partial charge in [0.25, 0.3) is 0 Å². The van der Waals surface area contributed by atoms with Crippen LogP contribution in [0.3, 0.4) is 0 Å². The smallest absolute Gasteiger partial charge is 0.319 e. The van der Waals surface area contributed by atoms with Crippen molar-refractivity contribution in [2.75, 3.05) is 25.0 Å². The summed E-state index contributed by atoms with van der Waals surface area (Å²) in [5.74, 6) is 0. The van der Waals surface area contributed by atoms with E-state index in [0.29, 0.717) is 0 Å². The fourth-order valence-corrected chi connectivity index (χ4v) is 3.49. The van der Waals surface area contributed by atoms with E-state index >= 15 is 0 Å². The molecule has 0 aliphatic carbocycles. The number of hydrogen-bond donors (Lipinski definition) is 2. The van der Waals surface area contributed by atoms with Crippen LogP contribution < -0.4 is 10.6 Å². The molecule has 138 valence electrons. The molecule has 1 fully saturated rings. The highest BCUT2D eigenvalue weighted by molar-refractivity contribution is 5.94. The molecule has 0 saturated carbocycles. The van der Waals surface area contributed by atoms with Crippen LogP contribution in [0.15, 0.2) is 54.6 Å². The van der Waals surface area contributed by atoms with Crippen molar-refractivity contribution < 1.29 is 4.79 Å². The normalized spacial score (nSPS) is 15.6. The zero-order valence-corrected chi connectivity index (χ0v) is 15.6. The van der Waals surface area contributed by atoms with Crippen LogP contribution in [0.4, 0.5) is 10.5 Å². The van der Waals surface area contributed by atoms with E-state index in [9.17, 15) is 4.79 Å². The Bertz CT molecular complexity index is 694. The molecule has 1 saturated heterocycles. The standard InChI is InChI=1S/C22H29N3O/c1-2-3-15-25-16-13-19(14-17-25)23-22(26)24-21-12-8-7-11-20(21)18-9-5-4-6-10-18/h4-12,19H,2-3,13-17H2,1H3,(H2,23,24,26). The van der Waals surface area contributed by atoms with Crippen LogP contribution >= 0.6 is 0 Å². The van der Waals surface area contributed by atoms with Crippen molar-refractivity contribution in [2.45, 2.75) is 38.6 Å². The van der Waals surface area contributed by atoms with Crippen molar-refractivity contribution in [3.63, 3.8) is 0 Å². The SMILES string of the molecule is CCCCN1CCC(NC(=O)Nc2ccccc2-c2ccccc2)CC1. The van der Waals surface area contributed by atoms with E-state index in [0.717, 1.165) is 42.7 Å². The topological polar surface area (TPSA) is 44.4 Å². The molecule has 0 aromatic heterocycles. The summed E-state index contributed by atoms with van der Waals surface area (Å²) >= 11 is 0. The third-order valence-electron chi connectivity index (χ3n) is 5.01. The predicted molar refractivity (Wildman–Crippen MR) is 108 cm³/mol. The van der Waals surface area contributed by atoms with E-state index in [1.807, 2.05) is 42.5 Å². The molecule has 0 spiro atoms. The van der Waals surface area contributed by atoms with Gasteiger partial charge in [0.2, 0.25) is 0 Å². The third-order valence-corrected chi connectivity index (χ3v) is 5.01. The lowest BCUT2D eigenvalue weighted by atomic mass is 10.0. The average molecular weight is 351 g/mol. The molecular formula is C22H29N3O. The molecule has 2 aromatic carbocycles. The van der Waals surface area contributed by atoms with E-state index in [4.69, 9.17) is 0 Å². The van der Waals surface area contributed by atoms with Crippen molar-refractivity contribution in [2.24, 2.45) is 0 Å². The van der Waals surface area contributed by atoms with Crippen LogP contribution in [-0.2, 0) is 0 Å². The number of nitrogens with one attached hydrogen (secondary N) is 2. The van der Waals surface area contributed by atoms with Gasteiger partial charge in [0, 0.05) is 24.7 Å². The number of hydrogen-bond acceptors (Lipinski definition) is 2. The molecule has 2 aromatic rings. The molecular weight excluding hydrogens is 322 g/mol. The Morgan fingerprint density at radius 3 is 2.46 bits per heavy atom. The highest BCUT2D eigenvalue weighted by atomic mass is 16.2. The van der Waals surface area contributed by atoms with Gasteiger partial charge in [-0.1, -0.05) is 61.9 Å². The quantitative estimate of drug-likeness (QED) is 0.789. The fourth-order valence-electron chi connectivity index (χ4n) is 3.49. The Morgan fingerprint density at radius 1 is 1.04 bits per heavy atom. The highest BCUT2D eigenvalue weighted by Gasteiger charge is 2.20. The number of piperidine rings is 1. The third kappa shape index (κ3) is 5.09. The van der Waals surface area contributed by atoms with Crippen LogP contribution in [-0.4, -0.2) is 36.6 Å². The first-order chi connectivity index (χ1) is 12.8. The van der Waals surface area contributed by atoms with Gasteiger partial charge in [-0.05, 0) is 37.4 Å². The number of likely N-dealkylation sites (tertiary alicyclic amines) is 1. The first kappa shape index (κ1) is 18.5. The molecule has 0 atom stereocenters. The summed E-state index contributed by atoms with van der Waals surface area (Å²) in [6.07, 6.45) is 4.55. The van der Waals surface area contributed by atoms with Crippen LogP contribution in [0.1, 0.15) is 32.6 Å². The first-order valence-electron chi connectivity index (χ1n) is 9.70. The van der Waals surface area contributed by atoms with Gasteiger partial charge in [0.05, 0.1) is 5.69 Å². The second-order valence-corrected chi connectivity index (χ2v) is 6.98. The maximum atomic E-state index is 12.5. The first-order valence-corrected chi connectivity index (χ1v) is 9.70. The Kier molecular flexibility index (Phi) is 6.67. The van der Waals surface area contributed by atoms with E-state index < -0.39 is 0 Å². The lowest BCUT2D eigenvalue weighted by molar-refractivity contribution is 0.194. The van der Waals surface area contributed by atoms with Gasteiger partial charge in [-0.2, -0.15) is 0 Å². The molecule has 3 rings (SSSR count). The summed E-state index contributed by atoms with van der Waals surface area (Å²) in [6.45, 7) is 5.56. The minimum Gasteiger partial charge on any atom is -0.335 e. The second kappa shape index (κ2) is 9.39. The molecule has 4 heteroatoms. The molecule has 1 aliphatic heterocycles. The number of para-hydroxylation sites is 1. The van der Waals surface area contributed by atoms with Crippen LogP contribution in [0.25, 0.3) is 11.1 Å². The summed E-state index contributed by atoms with van der Waals surface area (Å²) in [5, 5.41) is 6.18. The second-order valence-electron chi connectivity index (χ2n) is 6.98. The van der Waals surface area contributed by atoms with Crippen molar-refractivity contribution in [3.8, 4) is 11.1 Å². The Labute approximate surface area is 156 Å². The van der Waals surface area contributed by atoms with Gasteiger partial charge in [-0.25, -0.2) is 4.79 Å². The minimum atomic E-state index is -0.111. The Hall–Kier alpha value is -2.33. The molecule has 0 radical (unpaired) electrons. The summed E-state index contributed by atoms with van der Waals surface area (Å²) in [5.41, 5.74) is 2.99. The lowest BCUT2D eigenvalue weighted by Gasteiger charge is -2.32. The fraction of sp³-hybridized carbons (Fsp3) is 0.409. The van der Waals surface area contributed by atoms with Crippen molar-refractivity contribution >= 4 is 11.7 Å². The number of amides is 2. The number of rotatable bonds is 6. The number of anilines is 1. The predicted octanol–water partition coefficient (Wildman–Crippen LogP) is 4.74. The molecule has 0 unspecified atom stereocenters. The molecule has 2 N–H and O–H groups in total. The van der Waals surface area contributed by atoms with Gasteiger partial charge in [0.15, 0.2) is 0 Å². The number of urea groups is 1. The molecule has 2 amide bonds. The van der Waals surface area contributed by atoms with Gasteiger partial charge in [-0.3, -0.25) is 0 Å². The summed E-state index contributed by atoms with van der Waals surface area (Å²) in [4.78, 5) is 15.0. The van der Waals surface area contributed by atoms with Gasteiger partial charge < -0.3 is 15.5 Å². The molecule has 4 nitrogen and oxygen atoms in total. The van der Waals surface area contributed by atoms with Crippen molar-refractivity contribution in [1.82, 2.24) is 10.2 Å². The monoisotopic (exact) mass is 351 g/mol. The zero-order valence-electron chi connectivity index (χ0n) is 15.6. The van der Waals surface area contributed by atoms with Gasteiger partial charge in [0.1, 0.15) is 0 Å². The van der Waals surface area contributed by atoms with Gasteiger partial charge in [-0.15, -0.1) is 0 Å². The Morgan fingerprint density at radius 2 is 1.73 bits per heavy atom. The molecule has 0 bridgehead atoms. The summed E-state index contributed by atoms with van der Waals surface area (Å²) < 4.78 is 0. The number of unbranched alkanes of at least 4 members (excludes halogenated alkanes) is 1. The average Bonchev–Trinajstić information content (AvgIpc) is 2.68. The van der Waals surface area contributed by atoms with Crippen molar-refractivity contribution in [1.29, 1.82) is 0 Å².